The lowest BCUT2D eigenvalue weighted by molar-refractivity contribution is -0.150. The van der Waals surface area contributed by atoms with Gasteiger partial charge < -0.3 is 20.3 Å². The van der Waals surface area contributed by atoms with Gasteiger partial charge in [-0.3, -0.25) is 9.32 Å². The molecule has 7 nitrogen and oxygen atoms in total. The molecule has 0 amide bonds. The third kappa shape index (κ3) is 23.3. The molecule has 0 saturated heterocycles. The predicted molar refractivity (Wildman–Crippen MR) is 125 cm³/mol. The number of allylic oxidation sites excluding steroid dienone is 6. The van der Waals surface area contributed by atoms with Crippen LogP contribution in [0.5, 0.6) is 0 Å². The monoisotopic (exact) mass is 459 g/mol. The van der Waals surface area contributed by atoms with Crippen LogP contribution in [-0.4, -0.2) is 35.0 Å². The second kappa shape index (κ2) is 20.7. The summed E-state index contributed by atoms with van der Waals surface area (Å²) in [7, 11) is -4.51. The Morgan fingerprint density at radius 2 is 1.52 bits per heavy atom. The first kappa shape index (κ1) is 29.8. The fraction of sp³-hybridized carbons (Fsp3) is 0.696. The van der Waals surface area contributed by atoms with Crippen LogP contribution in [0.25, 0.3) is 0 Å². The van der Waals surface area contributed by atoms with E-state index in [1.54, 1.807) is 0 Å². The zero-order chi connectivity index (χ0) is 23.2. The maximum Gasteiger partial charge on any atom is 0.469 e. The third-order valence-electron chi connectivity index (χ3n) is 4.51. The van der Waals surface area contributed by atoms with Crippen LogP contribution in [0.3, 0.4) is 0 Å². The molecule has 0 aliphatic heterocycles. The van der Waals surface area contributed by atoms with Gasteiger partial charge in [0.15, 0.2) is 0 Å². The van der Waals surface area contributed by atoms with Crippen LogP contribution in [0, 0.1) is 0 Å². The third-order valence-corrected chi connectivity index (χ3v) is 5.03. The van der Waals surface area contributed by atoms with Gasteiger partial charge >= 0.3 is 13.8 Å². The highest BCUT2D eigenvalue weighted by atomic mass is 31.2. The number of carbonyl (C=O) groups is 1. The number of esters is 1. The molecule has 0 bridgehead atoms. The summed E-state index contributed by atoms with van der Waals surface area (Å²) in [5.74, 6) is -0.315. The molecule has 0 heterocycles. The van der Waals surface area contributed by atoms with E-state index in [0.717, 1.165) is 32.1 Å². The molecule has 1 atom stereocenters. The Bertz CT molecular complexity index is 570. The first-order valence-electron chi connectivity index (χ1n) is 11.4. The number of carbonyl (C=O) groups excluding carboxylic acids is 1. The van der Waals surface area contributed by atoms with Gasteiger partial charge in [-0.1, -0.05) is 56.2 Å². The molecule has 31 heavy (non-hydrogen) atoms. The average molecular weight is 460 g/mol. The number of rotatable bonds is 20. The standard InChI is InChI=1S/C23H42NO6P/c1-2-3-4-5-6-7-8-9-10-11-12-13-14-15-16-17-23(25)30-22(18-20-24)19-21-29-31(26,27)28/h6-7,9-10,12-13,22H,2-5,8,11,14-21,24H2,1H3,(H2,26,27,28)/b7-6-,10-9-,13-12-. The fourth-order valence-electron chi connectivity index (χ4n) is 2.82. The van der Waals surface area contributed by atoms with Gasteiger partial charge in [-0.05, 0) is 57.9 Å². The first-order valence-corrected chi connectivity index (χ1v) is 13.0. The Morgan fingerprint density at radius 3 is 2.06 bits per heavy atom. The molecule has 0 aliphatic carbocycles. The van der Waals surface area contributed by atoms with Crippen molar-refractivity contribution in [1.29, 1.82) is 0 Å². The summed E-state index contributed by atoms with van der Waals surface area (Å²) in [6.07, 6.45) is 23.0. The molecule has 0 fully saturated rings. The summed E-state index contributed by atoms with van der Waals surface area (Å²) < 4.78 is 20.4. The van der Waals surface area contributed by atoms with Crippen LogP contribution in [0.4, 0.5) is 0 Å². The molecule has 0 saturated carbocycles. The number of unbranched alkanes of at least 4 members (excludes halogenated alkanes) is 5. The largest absolute Gasteiger partial charge is 0.469 e. The number of hydrogen-bond donors (Lipinski definition) is 3. The van der Waals surface area contributed by atoms with Crippen molar-refractivity contribution in [2.45, 2.75) is 90.1 Å². The zero-order valence-corrected chi connectivity index (χ0v) is 19.9. The van der Waals surface area contributed by atoms with Crippen LogP contribution in [-0.2, 0) is 18.6 Å². The number of nitrogens with two attached hydrogens (primary N) is 1. The maximum atomic E-state index is 11.9. The summed E-state index contributed by atoms with van der Waals surface area (Å²) in [5.41, 5.74) is 5.50. The Hall–Kier alpha value is -1.24. The average Bonchev–Trinajstić information content (AvgIpc) is 2.70. The molecule has 0 aromatic carbocycles. The lowest BCUT2D eigenvalue weighted by Gasteiger charge is -2.17. The highest BCUT2D eigenvalue weighted by Crippen LogP contribution is 2.35. The van der Waals surface area contributed by atoms with Crippen molar-refractivity contribution in [3.05, 3.63) is 36.5 Å². The van der Waals surface area contributed by atoms with Gasteiger partial charge in [-0.25, -0.2) is 4.57 Å². The van der Waals surface area contributed by atoms with Gasteiger partial charge in [0, 0.05) is 12.8 Å². The lowest BCUT2D eigenvalue weighted by Crippen LogP contribution is -2.23. The quantitative estimate of drug-likeness (QED) is 0.0973. The summed E-state index contributed by atoms with van der Waals surface area (Å²) in [6.45, 7) is 2.35. The van der Waals surface area contributed by atoms with E-state index in [9.17, 15) is 9.36 Å². The number of ether oxygens (including phenoxy) is 1. The highest BCUT2D eigenvalue weighted by Gasteiger charge is 2.18. The second-order valence-electron chi connectivity index (χ2n) is 7.43. The van der Waals surface area contributed by atoms with Gasteiger partial charge in [0.05, 0.1) is 6.61 Å². The molecule has 4 N–H and O–H groups in total. The fourth-order valence-corrected chi connectivity index (χ4v) is 3.16. The maximum absolute atomic E-state index is 11.9. The van der Waals surface area contributed by atoms with Gasteiger partial charge in [-0.15, -0.1) is 0 Å². The Labute approximate surface area is 188 Å². The van der Waals surface area contributed by atoms with E-state index in [0.29, 0.717) is 19.4 Å². The van der Waals surface area contributed by atoms with Crippen molar-refractivity contribution in [3.63, 3.8) is 0 Å². The molecule has 0 aromatic heterocycles. The van der Waals surface area contributed by atoms with Crippen molar-refractivity contribution < 1.29 is 28.4 Å². The highest BCUT2D eigenvalue weighted by molar-refractivity contribution is 7.46. The Morgan fingerprint density at radius 1 is 0.935 bits per heavy atom. The molecule has 0 spiro atoms. The van der Waals surface area contributed by atoms with Gasteiger partial charge in [-0.2, -0.15) is 0 Å². The van der Waals surface area contributed by atoms with Crippen LogP contribution < -0.4 is 5.73 Å². The van der Waals surface area contributed by atoms with Crippen molar-refractivity contribution in [2.75, 3.05) is 13.2 Å². The topological polar surface area (TPSA) is 119 Å². The molecule has 0 aliphatic rings. The van der Waals surface area contributed by atoms with E-state index < -0.39 is 13.9 Å². The van der Waals surface area contributed by atoms with E-state index >= 15 is 0 Å². The van der Waals surface area contributed by atoms with E-state index in [1.165, 1.54) is 25.7 Å². The number of phosphoric acid groups is 1. The molecule has 8 heteroatoms. The van der Waals surface area contributed by atoms with Crippen molar-refractivity contribution in [2.24, 2.45) is 5.73 Å². The van der Waals surface area contributed by atoms with Crippen molar-refractivity contribution in [1.82, 2.24) is 0 Å². The number of phosphoric ester groups is 1. The molecule has 1 unspecified atom stereocenters. The van der Waals surface area contributed by atoms with Gasteiger partial charge in [0.2, 0.25) is 0 Å². The second-order valence-corrected chi connectivity index (χ2v) is 8.67. The van der Waals surface area contributed by atoms with Crippen molar-refractivity contribution >= 4 is 13.8 Å². The minimum absolute atomic E-state index is 0.184. The van der Waals surface area contributed by atoms with E-state index in [-0.39, 0.29) is 19.0 Å². The molecule has 0 rings (SSSR count). The molecular formula is C23H42NO6P. The summed E-state index contributed by atoms with van der Waals surface area (Å²) in [4.78, 5) is 29.3. The molecule has 0 aromatic rings. The van der Waals surface area contributed by atoms with Gasteiger partial charge in [0.1, 0.15) is 6.10 Å². The summed E-state index contributed by atoms with van der Waals surface area (Å²) in [6, 6.07) is 0. The van der Waals surface area contributed by atoms with E-state index in [1.807, 2.05) is 0 Å². The summed E-state index contributed by atoms with van der Waals surface area (Å²) in [5, 5.41) is 0. The molecule has 180 valence electrons. The van der Waals surface area contributed by atoms with E-state index in [2.05, 4.69) is 47.9 Å². The molecule has 0 radical (unpaired) electrons. The van der Waals surface area contributed by atoms with Crippen LogP contribution >= 0.6 is 7.82 Å². The SMILES string of the molecule is CCCCC/C=C\C/C=C\C/C=C\CCCCC(=O)OC(CCN)CCOP(=O)(O)O. The smallest absolute Gasteiger partial charge is 0.462 e. The van der Waals surface area contributed by atoms with Crippen LogP contribution in [0.2, 0.25) is 0 Å². The number of hydrogen-bond acceptors (Lipinski definition) is 5. The van der Waals surface area contributed by atoms with Crippen LogP contribution in [0.15, 0.2) is 36.5 Å². The Balaban J connectivity index is 3.77. The lowest BCUT2D eigenvalue weighted by atomic mass is 10.1. The first-order chi connectivity index (χ1) is 14.9. The predicted octanol–water partition coefficient (Wildman–Crippen LogP) is 5.34. The minimum Gasteiger partial charge on any atom is -0.462 e. The minimum atomic E-state index is -4.51. The van der Waals surface area contributed by atoms with Gasteiger partial charge in [0.25, 0.3) is 0 Å². The summed E-state index contributed by atoms with van der Waals surface area (Å²) >= 11 is 0. The normalized spacial score (nSPS) is 13.5. The zero-order valence-electron chi connectivity index (χ0n) is 19.0. The Kier molecular flexibility index (Phi) is 19.8. The van der Waals surface area contributed by atoms with E-state index in [4.69, 9.17) is 20.3 Å². The molecular weight excluding hydrogens is 417 g/mol. The van der Waals surface area contributed by atoms with Crippen molar-refractivity contribution in [3.8, 4) is 0 Å². The van der Waals surface area contributed by atoms with Crippen LogP contribution in [0.1, 0.15) is 84.0 Å².